The highest BCUT2D eigenvalue weighted by molar-refractivity contribution is 5.97. The molecule has 0 bridgehead atoms. The van der Waals surface area contributed by atoms with E-state index in [1.165, 1.54) is 0 Å². The Hall–Kier alpha value is -3.40. The largest absolute Gasteiger partial charge is 0.488 e. The molecular weight excluding hydrogens is 472 g/mol. The second-order valence-electron chi connectivity index (χ2n) is 9.88. The van der Waals surface area contributed by atoms with Crippen LogP contribution in [0.25, 0.3) is 0 Å². The summed E-state index contributed by atoms with van der Waals surface area (Å²) in [6.45, 7) is 10.8. The Kier molecular flexibility index (Phi) is 7.45. The van der Waals surface area contributed by atoms with Crippen LogP contribution in [0, 0.1) is 6.92 Å². The SMILES string of the molecule is C=Nc1cc(N2CCOCC2)cc(O[C@H]2CC[C@@H](Nc3nc(C)nc4c3OCC4)CC2)c1N(C)C(C)=O. The molecule has 2 aliphatic heterocycles. The Morgan fingerprint density at radius 1 is 1.19 bits per heavy atom. The first-order chi connectivity index (χ1) is 17.9. The topological polar surface area (TPSA) is 101 Å². The minimum Gasteiger partial charge on any atom is -0.488 e. The van der Waals surface area contributed by atoms with E-state index >= 15 is 0 Å². The van der Waals surface area contributed by atoms with Crippen LogP contribution in [-0.4, -0.2) is 74.7 Å². The van der Waals surface area contributed by atoms with Crippen molar-refractivity contribution in [2.75, 3.05) is 55.1 Å². The van der Waals surface area contributed by atoms with Crippen LogP contribution in [0.2, 0.25) is 0 Å². The number of aryl methyl sites for hydroxylation is 1. The van der Waals surface area contributed by atoms with Crippen molar-refractivity contribution in [2.24, 2.45) is 4.99 Å². The Morgan fingerprint density at radius 3 is 2.65 bits per heavy atom. The molecule has 2 fully saturated rings. The standard InChI is InChI=1S/C27H36N6O4/c1-17-29-22-9-12-36-26(22)27(30-17)31-19-5-7-21(8-6-19)37-24-16-20(33-10-13-35-14-11-33)15-23(28-3)25(24)32(4)18(2)34/h15-16,19,21H,3,5-14H2,1-2,4H3,(H,29,30,31)/t19-,21+. The van der Waals surface area contributed by atoms with E-state index in [4.69, 9.17) is 14.2 Å². The minimum absolute atomic E-state index is 0.0314. The van der Waals surface area contributed by atoms with Crippen molar-refractivity contribution in [3.63, 3.8) is 0 Å². The van der Waals surface area contributed by atoms with Gasteiger partial charge in [0.15, 0.2) is 11.6 Å². The molecule has 0 atom stereocenters. The second-order valence-corrected chi connectivity index (χ2v) is 9.88. The van der Waals surface area contributed by atoms with Crippen molar-refractivity contribution in [3.05, 3.63) is 23.7 Å². The zero-order valence-electron chi connectivity index (χ0n) is 22.0. The fourth-order valence-electron chi connectivity index (χ4n) is 5.28. The highest BCUT2D eigenvalue weighted by Crippen LogP contribution is 2.43. The highest BCUT2D eigenvalue weighted by atomic mass is 16.5. The van der Waals surface area contributed by atoms with E-state index in [1.54, 1.807) is 18.9 Å². The van der Waals surface area contributed by atoms with E-state index in [0.717, 1.165) is 74.0 Å². The van der Waals surface area contributed by atoms with E-state index in [1.807, 2.05) is 19.1 Å². The number of carbonyl (C=O) groups is 1. The van der Waals surface area contributed by atoms with E-state index in [-0.39, 0.29) is 18.1 Å². The molecule has 5 rings (SSSR count). The number of amides is 1. The summed E-state index contributed by atoms with van der Waals surface area (Å²) in [5.41, 5.74) is 3.29. The summed E-state index contributed by atoms with van der Waals surface area (Å²) in [6, 6.07) is 4.29. The first-order valence-corrected chi connectivity index (χ1v) is 13.1. The quantitative estimate of drug-likeness (QED) is 0.566. The van der Waals surface area contributed by atoms with Gasteiger partial charge in [-0.1, -0.05) is 0 Å². The van der Waals surface area contributed by atoms with Crippen LogP contribution in [0.4, 0.5) is 22.9 Å². The average Bonchev–Trinajstić information content (AvgIpc) is 3.38. The van der Waals surface area contributed by atoms with Gasteiger partial charge in [0.2, 0.25) is 5.91 Å². The molecule has 0 unspecified atom stereocenters. The van der Waals surface area contributed by atoms with Crippen molar-refractivity contribution in [3.8, 4) is 11.5 Å². The molecule has 3 heterocycles. The van der Waals surface area contributed by atoms with Gasteiger partial charge >= 0.3 is 0 Å². The molecule has 1 saturated heterocycles. The molecule has 3 aliphatic rings. The predicted octanol–water partition coefficient (Wildman–Crippen LogP) is 3.67. The minimum atomic E-state index is -0.0864. The van der Waals surface area contributed by atoms with E-state index in [0.29, 0.717) is 36.9 Å². The normalized spacial score (nSPS) is 21.1. The van der Waals surface area contributed by atoms with Gasteiger partial charge in [-0.15, -0.1) is 0 Å². The zero-order valence-corrected chi connectivity index (χ0v) is 22.0. The third-order valence-electron chi connectivity index (χ3n) is 7.34. The maximum Gasteiger partial charge on any atom is 0.223 e. The van der Waals surface area contributed by atoms with Crippen LogP contribution in [-0.2, 0) is 16.0 Å². The molecular formula is C27H36N6O4. The van der Waals surface area contributed by atoms with Crippen LogP contribution >= 0.6 is 0 Å². The third kappa shape index (κ3) is 5.49. The lowest BCUT2D eigenvalue weighted by molar-refractivity contribution is -0.116. The van der Waals surface area contributed by atoms with Gasteiger partial charge in [0.05, 0.1) is 37.3 Å². The Balaban J connectivity index is 1.32. The summed E-state index contributed by atoms with van der Waals surface area (Å²) in [7, 11) is 1.75. The Morgan fingerprint density at radius 2 is 1.95 bits per heavy atom. The predicted molar refractivity (Wildman–Crippen MR) is 144 cm³/mol. The zero-order chi connectivity index (χ0) is 25.9. The van der Waals surface area contributed by atoms with Crippen LogP contribution in [0.5, 0.6) is 11.5 Å². The van der Waals surface area contributed by atoms with E-state index in [2.05, 4.69) is 31.9 Å². The molecule has 1 saturated carbocycles. The summed E-state index contributed by atoms with van der Waals surface area (Å²) in [4.78, 5) is 29.5. The molecule has 10 heteroatoms. The van der Waals surface area contributed by atoms with Crippen LogP contribution in [0.3, 0.4) is 0 Å². The molecule has 37 heavy (non-hydrogen) atoms. The van der Waals surface area contributed by atoms with E-state index < -0.39 is 0 Å². The van der Waals surface area contributed by atoms with Gasteiger partial charge in [0, 0.05) is 51.3 Å². The fourth-order valence-corrected chi connectivity index (χ4v) is 5.28. The Labute approximate surface area is 218 Å². The van der Waals surface area contributed by atoms with Crippen molar-refractivity contribution in [2.45, 2.75) is 58.1 Å². The smallest absolute Gasteiger partial charge is 0.223 e. The summed E-state index contributed by atoms with van der Waals surface area (Å²) in [5.74, 6) is 2.94. The van der Waals surface area contributed by atoms with Gasteiger partial charge in [-0.25, -0.2) is 9.97 Å². The lowest BCUT2D eigenvalue weighted by Crippen LogP contribution is -2.36. The number of hydrogen-bond donors (Lipinski definition) is 1. The molecule has 1 aromatic heterocycles. The van der Waals surface area contributed by atoms with Gasteiger partial charge in [-0.05, 0) is 45.4 Å². The third-order valence-corrected chi connectivity index (χ3v) is 7.34. The number of nitrogens with zero attached hydrogens (tertiary/aromatic N) is 5. The van der Waals surface area contributed by atoms with Gasteiger partial charge in [0.25, 0.3) is 0 Å². The van der Waals surface area contributed by atoms with Crippen LogP contribution < -0.4 is 24.6 Å². The molecule has 1 N–H and O–H groups in total. The lowest BCUT2D eigenvalue weighted by Gasteiger charge is -2.33. The monoisotopic (exact) mass is 508 g/mol. The van der Waals surface area contributed by atoms with Crippen LogP contribution in [0.15, 0.2) is 17.1 Å². The number of hydrogen-bond acceptors (Lipinski definition) is 9. The molecule has 0 radical (unpaired) electrons. The number of aromatic nitrogens is 2. The first-order valence-electron chi connectivity index (χ1n) is 13.1. The van der Waals surface area contributed by atoms with Crippen molar-refractivity contribution in [1.29, 1.82) is 0 Å². The Bertz CT molecular complexity index is 1160. The number of carbonyl (C=O) groups excluding carboxylic acids is 1. The molecule has 10 nitrogen and oxygen atoms in total. The number of anilines is 3. The number of nitrogens with one attached hydrogen (secondary N) is 1. The lowest BCUT2D eigenvalue weighted by atomic mass is 9.93. The first kappa shape index (κ1) is 25.3. The summed E-state index contributed by atoms with van der Waals surface area (Å²) in [5, 5.41) is 3.60. The summed E-state index contributed by atoms with van der Waals surface area (Å²) < 4.78 is 17.9. The number of morpholine rings is 1. The van der Waals surface area contributed by atoms with Crippen molar-refractivity contribution in [1.82, 2.24) is 9.97 Å². The number of benzene rings is 1. The molecule has 198 valence electrons. The van der Waals surface area contributed by atoms with E-state index in [9.17, 15) is 4.79 Å². The number of ether oxygens (including phenoxy) is 3. The van der Waals surface area contributed by atoms with Gasteiger partial charge < -0.3 is 29.3 Å². The average molecular weight is 509 g/mol. The summed E-state index contributed by atoms with van der Waals surface area (Å²) >= 11 is 0. The maximum atomic E-state index is 12.3. The van der Waals surface area contributed by atoms with Gasteiger partial charge in [0.1, 0.15) is 17.3 Å². The van der Waals surface area contributed by atoms with Crippen molar-refractivity contribution >= 4 is 35.5 Å². The van der Waals surface area contributed by atoms with Gasteiger partial charge in [-0.3, -0.25) is 9.79 Å². The number of rotatable bonds is 7. The van der Waals surface area contributed by atoms with Crippen molar-refractivity contribution < 1.29 is 19.0 Å². The molecule has 0 spiro atoms. The molecule has 1 aliphatic carbocycles. The summed E-state index contributed by atoms with van der Waals surface area (Å²) in [6.07, 6.45) is 4.51. The molecule has 1 aromatic carbocycles. The maximum absolute atomic E-state index is 12.3. The highest BCUT2D eigenvalue weighted by Gasteiger charge is 2.28. The van der Waals surface area contributed by atoms with Crippen LogP contribution in [0.1, 0.15) is 44.1 Å². The second kappa shape index (κ2) is 10.9. The number of fused-ring (bicyclic) bond motifs is 1. The fraction of sp³-hybridized carbons (Fsp3) is 0.556. The van der Waals surface area contributed by atoms with Gasteiger partial charge in [-0.2, -0.15) is 0 Å². The molecule has 2 aromatic rings. The number of aliphatic imine (C=N–C) groups is 1. The molecule has 1 amide bonds.